The van der Waals surface area contributed by atoms with E-state index in [-0.39, 0.29) is 5.56 Å². The van der Waals surface area contributed by atoms with Crippen LogP contribution in [-0.4, -0.2) is 27.7 Å². The quantitative estimate of drug-likeness (QED) is 0.793. The first kappa shape index (κ1) is 12.2. The largest absolute Gasteiger partial charge is 0.481 e. The fourth-order valence-corrected chi connectivity index (χ4v) is 2.16. The summed E-state index contributed by atoms with van der Waals surface area (Å²) in [5, 5.41) is 9.88. The Bertz CT molecular complexity index is 793. The maximum Gasteiger partial charge on any atom is 0.335 e. The zero-order chi connectivity index (χ0) is 14.1. The average molecular weight is 268 g/mol. The topological polar surface area (TPSA) is 64.3 Å². The van der Waals surface area contributed by atoms with Gasteiger partial charge in [0, 0.05) is 23.8 Å². The van der Waals surface area contributed by atoms with Crippen molar-refractivity contribution in [3.05, 3.63) is 54.4 Å². The van der Waals surface area contributed by atoms with E-state index in [1.807, 2.05) is 29.0 Å². The standard InChI is InChI=1S/C15H12N2O3/c1-20-14-9-12(4-6-16-14)17-7-5-10-8-11(15(18)19)2-3-13(10)17/h2-9H,1H3,(H,18,19). The molecule has 5 nitrogen and oxygen atoms in total. The molecule has 3 aromatic rings. The van der Waals surface area contributed by atoms with Crippen LogP contribution in [0.2, 0.25) is 0 Å². The molecular formula is C15H12N2O3. The van der Waals surface area contributed by atoms with E-state index >= 15 is 0 Å². The number of aromatic carboxylic acids is 1. The molecule has 0 fully saturated rings. The Morgan fingerprint density at radius 1 is 1.25 bits per heavy atom. The van der Waals surface area contributed by atoms with Crippen LogP contribution in [0.15, 0.2) is 48.8 Å². The third kappa shape index (κ3) is 1.99. The highest BCUT2D eigenvalue weighted by atomic mass is 16.5. The van der Waals surface area contributed by atoms with E-state index in [4.69, 9.17) is 9.84 Å². The minimum absolute atomic E-state index is 0.280. The van der Waals surface area contributed by atoms with Gasteiger partial charge in [0.1, 0.15) is 0 Å². The van der Waals surface area contributed by atoms with Gasteiger partial charge in [-0.05, 0) is 30.3 Å². The van der Waals surface area contributed by atoms with Gasteiger partial charge in [-0.3, -0.25) is 0 Å². The maximum absolute atomic E-state index is 11.0. The lowest BCUT2D eigenvalue weighted by atomic mass is 10.1. The van der Waals surface area contributed by atoms with E-state index in [2.05, 4.69) is 4.98 Å². The predicted octanol–water partition coefficient (Wildman–Crippen LogP) is 2.73. The van der Waals surface area contributed by atoms with Crippen LogP contribution in [-0.2, 0) is 0 Å². The highest BCUT2D eigenvalue weighted by Gasteiger charge is 2.08. The lowest BCUT2D eigenvalue weighted by Crippen LogP contribution is -1.97. The lowest BCUT2D eigenvalue weighted by Gasteiger charge is -2.07. The van der Waals surface area contributed by atoms with Gasteiger partial charge < -0.3 is 14.4 Å². The molecular weight excluding hydrogens is 256 g/mol. The molecule has 1 N–H and O–H groups in total. The molecule has 3 rings (SSSR count). The van der Waals surface area contributed by atoms with E-state index in [9.17, 15) is 4.79 Å². The number of ether oxygens (including phenoxy) is 1. The van der Waals surface area contributed by atoms with Crippen molar-refractivity contribution in [2.45, 2.75) is 0 Å². The first-order valence-electron chi connectivity index (χ1n) is 6.04. The van der Waals surface area contributed by atoms with Crippen LogP contribution in [0.3, 0.4) is 0 Å². The third-order valence-corrected chi connectivity index (χ3v) is 3.14. The van der Waals surface area contributed by atoms with E-state index in [0.29, 0.717) is 5.88 Å². The van der Waals surface area contributed by atoms with Gasteiger partial charge >= 0.3 is 5.97 Å². The number of rotatable bonds is 3. The Balaban J connectivity index is 2.14. The first-order valence-corrected chi connectivity index (χ1v) is 6.04. The number of methoxy groups -OCH3 is 1. The number of nitrogens with zero attached hydrogens (tertiary/aromatic N) is 2. The summed E-state index contributed by atoms with van der Waals surface area (Å²) in [6, 6.07) is 10.6. The second kappa shape index (κ2) is 4.70. The summed E-state index contributed by atoms with van der Waals surface area (Å²) in [6.45, 7) is 0. The Morgan fingerprint density at radius 3 is 2.85 bits per heavy atom. The van der Waals surface area contributed by atoms with E-state index in [0.717, 1.165) is 16.6 Å². The van der Waals surface area contributed by atoms with E-state index < -0.39 is 5.97 Å². The number of benzene rings is 1. The zero-order valence-corrected chi connectivity index (χ0v) is 10.8. The maximum atomic E-state index is 11.0. The molecule has 1 aromatic carbocycles. The molecule has 0 saturated heterocycles. The minimum Gasteiger partial charge on any atom is -0.481 e. The Kier molecular flexibility index (Phi) is 2.87. The summed E-state index contributed by atoms with van der Waals surface area (Å²) in [5.74, 6) is -0.392. The van der Waals surface area contributed by atoms with Gasteiger partial charge in [0.15, 0.2) is 0 Å². The van der Waals surface area contributed by atoms with Crippen molar-refractivity contribution in [3.8, 4) is 11.6 Å². The normalized spacial score (nSPS) is 10.7. The van der Waals surface area contributed by atoms with E-state index in [1.54, 1.807) is 31.5 Å². The molecule has 0 bridgehead atoms. The molecule has 0 aliphatic heterocycles. The Morgan fingerprint density at radius 2 is 2.10 bits per heavy atom. The summed E-state index contributed by atoms with van der Waals surface area (Å²) in [7, 11) is 1.57. The molecule has 0 saturated carbocycles. The summed E-state index contributed by atoms with van der Waals surface area (Å²) in [6.07, 6.45) is 3.57. The monoisotopic (exact) mass is 268 g/mol. The van der Waals surface area contributed by atoms with Crippen molar-refractivity contribution < 1.29 is 14.6 Å². The van der Waals surface area contributed by atoms with Crippen molar-refractivity contribution in [2.24, 2.45) is 0 Å². The van der Waals surface area contributed by atoms with Crippen LogP contribution in [0.25, 0.3) is 16.6 Å². The number of carboxylic acid groups (broad SMARTS) is 1. The second-order valence-electron chi connectivity index (χ2n) is 4.32. The van der Waals surface area contributed by atoms with Crippen LogP contribution in [0.4, 0.5) is 0 Å². The molecule has 0 amide bonds. The van der Waals surface area contributed by atoms with Gasteiger partial charge in [-0.2, -0.15) is 0 Å². The molecule has 0 radical (unpaired) electrons. The smallest absolute Gasteiger partial charge is 0.335 e. The number of carbonyl (C=O) groups is 1. The number of hydrogen-bond donors (Lipinski definition) is 1. The molecule has 2 heterocycles. The summed E-state index contributed by atoms with van der Waals surface area (Å²) in [4.78, 5) is 15.0. The van der Waals surface area contributed by atoms with Crippen LogP contribution in [0, 0.1) is 0 Å². The van der Waals surface area contributed by atoms with Crippen LogP contribution in [0.5, 0.6) is 5.88 Å². The summed E-state index contributed by atoms with van der Waals surface area (Å²) < 4.78 is 7.08. The molecule has 0 aliphatic rings. The lowest BCUT2D eigenvalue weighted by molar-refractivity contribution is 0.0697. The molecule has 0 spiro atoms. The number of pyridine rings is 1. The fraction of sp³-hybridized carbons (Fsp3) is 0.0667. The summed E-state index contributed by atoms with van der Waals surface area (Å²) >= 11 is 0. The Labute approximate surface area is 115 Å². The predicted molar refractivity (Wildman–Crippen MR) is 74.6 cm³/mol. The number of carboxylic acids is 1. The fourth-order valence-electron chi connectivity index (χ4n) is 2.16. The van der Waals surface area contributed by atoms with Crippen LogP contribution >= 0.6 is 0 Å². The van der Waals surface area contributed by atoms with Gasteiger partial charge in [0.2, 0.25) is 5.88 Å². The van der Waals surface area contributed by atoms with Crippen molar-refractivity contribution in [3.63, 3.8) is 0 Å². The van der Waals surface area contributed by atoms with Gasteiger partial charge in [0.05, 0.1) is 23.9 Å². The molecule has 20 heavy (non-hydrogen) atoms. The van der Waals surface area contributed by atoms with E-state index in [1.165, 1.54) is 0 Å². The van der Waals surface area contributed by atoms with Gasteiger partial charge in [-0.15, -0.1) is 0 Å². The van der Waals surface area contributed by atoms with Gasteiger partial charge in [-0.1, -0.05) is 0 Å². The van der Waals surface area contributed by atoms with Crippen molar-refractivity contribution >= 4 is 16.9 Å². The van der Waals surface area contributed by atoms with Crippen molar-refractivity contribution in [1.29, 1.82) is 0 Å². The molecule has 0 aliphatic carbocycles. The van der Waals surface area contributed by atoms with Crippen molar-refractivity contribution in [1.82, 2.24) is 9.55 Å². The average Bonchev–Trinajstić information content (AvgIpc) is 2.90. The molecule has 0 unspecified atom stereocenters. The summed E-state index contributed by atoms with van der Waals surface area (Å²) in [5.41, 5.74) is 2.13. The van der Waals surface area contributed by atoms with Gasteiger partial charge in [0.25, 0.3) is 0 Å². The number of hydrogen-bond acceptors (Lipinski definition) is 3. The minimum atomic E-state index is -0.926. The number of aromatic nitrogens is 2. The van der Waals surface area contributed by atoms with Crippen molar-refractivity contribution in [2.75, 3.05) is 7.11 Å². The van der Waals surface area contributed by atoms with Gasteiger partial charge in [-0.25, -0.2) is 9.78 Å². The number of fused-ring (bicyclic) bond motifs is 1. The molecule has 100 valence electrons. The van der Waals surface area contributed by atoms with Crippen LogP contribution in [0.1, 0.15) is 10.4 Å². The van der Waals surface area contributed by atoms with Crippen LogP contribution < -0.4 is 4.74 Å². The third-order valence-electron chi connectivity index (χ3n) is 3.14. The highest BCUT2D eigenvalue weighted by molar-refractivity contribution is 5.94. The Hall–Kier alpha value is -2.82. The molecule has 5 heteroatoms. The SMILES string of the molecule is COc1cc(-n2ccc3cc(C(=O)O)ccc32)ccn1. The second-order valence-corrected chi connectivity index (χ2v) is 4.32. The molecule has 0 atom stereocenters. The zero-order valence-electron chi connectivity index (χ0n) is 10.8. The molecule has 2 aromatic heterocycles. The highest BCUT2D eigenvalue weighted by Crippen LogP contribution is 2.23. The first-order chi connectivity index (χ1) is 9.69.